The van der Waals surface area contributed by atoms with Crippen molar-refractivity contribution in [2.24, 2.45) is 5.10 Å². The predicted molar refractivity (Wildman–Crippen MR) is 151 cm³/mol. The average Bonchev–Trinajstić information content (AvgIpc) is 3.67. The Kier molecular flexibility index (Phi) is 6.43. The lowest BCUT2D eigenvalue weighted by atomic mass is 9.58. The van der Waals surface area contributed by atoms with E-state index < -0.39 is 11.5 Å². The monoisotopic (exact) mass is 565 g/mol. The molecule has 1 spiro atoms. The highest BCUT2D eigenvalue weighted by Gasteiger charge is 2.63. The van der Waals surface area contributed by atoms with Gasteiger partial charge in [-0.2, -0.15) is 5.10 Å². The minimum absolute atomic E-state index is 0.0144. The molecule has 39 heavy (non-hydrogen) atoms. The molecule has 1 saturated carbocycles. The predicted octanol–water partition coefficient (Wildman–Crippen LogP) is 4.44. The first-order valence-corrected chi connectivity index (χ1v) is 14.0. The van der Waals surface area contributed by atoms with Crippen molar-refractivity contribution in [2.45, 2.75) is 56.0 Å². The summed E-state index contributed by atoms with van der Waals surface area (Å²) < 4.78 is 0. The van der Waals surface area contributed by atoms with Crippen molar-refractivity contribution >= 4 is 52.4 Å². The van der Waals surface area contributed by atoms with Gasteiger partial charge in [-0.3, -0.25) is 14.4 Å². The highest BCUT2D eigenvalue weighted by atomic mass is 35.5. The van der Waals surface area contributed by atoms with Crippen LogP contribution in [-0.4, -0.2) is 58.6 Å². The number of rotatable bonds is 6. The molecule has 1 aliphatic carbocycles. The van der Waals surface area contributed by atoms with Gasteiger partial charge in [-0.25, -0.2) is 5.01 Å². The maximum atomic E-state index is 14.3. The number of hydrogen-bond acceptors (Lipinski definition) is 5. The Bertz CT molecular complexity index is 1440. The molecule has 10 heteroatoms. The molecule has 2 fully saturated rings. The maximum Gasteiger partial charge on any atom is 0.262 e. The van der Waals surface area contributed by atoms with Crippen LogP contribution in [0.1, 0.15) is 49.7 Å². The maximum absolute atomic E-state index is 14.3. The van der Waals surface area contributed by atoms with E-state index >= 15 is 0 Å². The lowest BCUT2D eigenvalue weighted by Gasteiger charge is -2.54. The molecule has 6 rings (SSSR count). The van der Waals surface area contributed by atoms with Gasteiger partial charge in [0.15, 0.2) is 0 Å². The molecule has 0 bridgehead atoms. The van der Waals surface area contributed by atoms with E-state index in [-0.39, 0.29) is 42.8 Å². The number of nitrogens with one attached hydrogen (secondary N) is 2. The molecule has 2 aromatic rings. The van der Waals surface area contributed by atoms with E-state index in [0.29, 0.717) is 34.4 Å². The number of piperidine rings is 1. The third-order valence-corrected chi connectivity index (χ3v) is 8.69. The number of hydrazone groups is 1. The Morgan fingerprint density at radius 1 is 1.18 bits per heavy atom. The fourth-order valence-corrected chi connectivity index (χ4v) is 6.67. The normalized spacial score (nSPS) is 25.7. The van der Waals surface area contributed by atoms with Crippen LogP contribution in [0.4, 0.5) is 5.69 Å². The molecule has 3 atom stereocenters. The third-order valence-electron chi connectivity index (χ3n) is 8.22. The van der Waals surface area contributed by atoms with E-state index in [1.165, 1.54) is 5.01 Å². The van der Waals surface area contributed by atoms with Crippen LogP contribution in [0.2, 0.25) is 10.0 Å². The summed E-state index contributed by atoms with van der Waals surface area (Å²) in [6, 6.07) is 12.6. The first-order valence-electron chi connectivity index (χ1n) is 13.2. The third kappa shape index (κ3) is 4.30. The van der Waals surface area contributed by atoms with Crippen LogP contribution in [0.3, 0.4) is 0 Å². The summed E-state index contributed by atoms with van der Waals surface area (Å²) >= 11 is 12.8. The van der Waals surface area contributed by atoms with Gasteiger partial charge in [0.05, 0.1) is 6.04 Å². The Hall–Kier alpha value is -3.36. The molecule has 1 unspecified atom stereocenters. The zero-order valence-corrected chi connectivity index (χ0v) is 23.1. The number of amides is 3. The molecular formula is C29H29Cl2N5O3. The molecule has 202 valence electrons. The van der Waals surface area contributed by atoms with Crippen LogP contribution in [-0.2, 0) is 19.8 Å². The second-order valence-electron chi connectivity index (χ2n) is 10.7. The first-order chi connectivity index (χ1) is 18.7. The number of benzene rings is 2. The number of nitrogens with zero attached hydrogens (tertiary/aromatic N) is 3. The van der Waals surface area contributed by atoms with Gasteiger partial charge in [-0.05, 0) is 54.7 Å². The fourth-order valence-electron chi connectivity index (χ4n) is 6.30. The van der Waals surface area contributed by atoms with Crippen LogP contribution in [0.25, 0.3) is 0 Å². The van der Waals surface area contributed by atoms with Crippen LogP contribution < -0.4 is 10.6 Å². The number of anilines is 1. The summed E-state index contributed by atoms with van der Waals surface area (Å²) in [7, 11) is 0. The largest absolute Gasteiger partial charge is 0.352 e. The Morgan fingerprint density at radius 3 is 2.67 bits per heavy atom. The zero-order chi connectivity index (χ0) is 27.5. The minimum Gasteiger partial charge on any atom is -0.352 e. The summed E-state index contributed by atoms with van der Waals surface area (Å²) in [4.78, 5) is 42.0. The zero-order valence-electron chi connectivity index (χ0n) is 21.5. The number of halogens is 2. The highest BCUT2D eigenvalue weighted by Crippen LogP contribution is 2.57. The molecule has 3 amide bonds. The summed E-state index contributed by atoms with van der Waals surface area (Å²) in [5.41, 5.74) is 2.03. The minimum atomic E-state index is -1.11. The van der Waals surface area contributed by atoms with Crippen molar-refractivity contribution in [3.8, 4) is 0 Å². The molecule has 4 aliphatic rings. The summed E-state index contributed by atoms with van der Waals surface area (Å²) in [6.07, 6.45) is 2.87. The van der Waals surface area contributed by atoms with Crippen LogP contribution >= 0.6 is 23.2 Å². The fraction of sp³-hybridized carbons (Fsp3) is 0.379. The van der Waals surface area contributed by atoms with Gasteiger partial charge >= 0.3 is 0 Å². The van der Waals surface area contributed by atoms with E-state index in [0.717, 1.165) is 29.5 Å². The highest BCUT2D eigenvalue weighted by molar-refractivity contribution is 6.31. The van der Waals surface area contributed by atoms with Crippen molar-refractivity contribution in [3.63, 3.8) is 0 Å². The van der Waals surface area contributed by atoms with Crippen LogP contribution in [0.5, 0.6) is 0 Å². The molecule has 2 aromatic carbocycles. The average molecular weight is 566 g/mol. The van der Waals surface area contributed by atoms with E-state index in [9.17, 15) is 14.4 Å². The number of fused-ring (bicyclic) bond motifs is 3. The second kappa shape index (κ2) is 9.68. The summed E-state index contributed by atoms with van der Waals surface area (Å²) in [6.45, 7) is 6.23. The molecular weight excluding hydrogens is 537 g/mol. The number of carbonyl (C=O) groups excluding carboxylic acids is 3. The van der Waals surface area contributed by atoms with Crippen molar-refractivity contribution in [2.75, 3.05) is 18.4 Å². The lowest BCUT2D eigenvalue weighted by molar-refractivity contribution is -0.139. The van der Waals surface area contributed by atoms with Crippen molar-refractivity contribution in [1.29, 1.82) is 0 Å². The molecule has 3 aliphatic heterocycles. The Balaban J connectivity index is 1.51. The topological polar surface area (TPSA) is 94.1 Å². The lowest BCUT2D eigenvalue weighted by Crippen LogP contribution is -2.67. The Morgan fingerprint density at radius 2 is 1.95 bits per heavy atom. The van der Waals surface area contributed by atoms with E-state index in [1.807, 2.05) is 36.1 Å². The molecule has 1 saturated heterocycles. The quantitative estimate of drug-likeness (QED) is 0.506. The van der Waals surface area contributed by atoms with E-state index in [2.05, 4.69) is 17.2 Å². The van der Waals surface area contributed by atoms with Crippen LogP contribution in [0.15, 0.2) is 59.7 Å². The van der Waals surface area contributed by atoms with Gasteiger partial charge < -0.3 is 15.5 Å². The van der Waals surface area contributed by atoms with E-state index in [1.54, 1.807) is 18.2 Å². The molecule has 8 nitrogen and oxygen atoms in total. The van der Waals surface area contributed by atoms with Gasteiger partial charge in [-0.1, -0.05) is 60.5 Å². The van der Waals surface area contributed by atoms with Gasteiger partial charge in [-0.15, -0.1) is 0 Å². The molecule has 0 aromatic heterocycles. The smallest absolute Gasteiger partial charge is 0.262 e. The van der Waals surface area contributed by atoms with Gasteiger partial charge in [0, 0.05) is 34.1 Å². The number of carbonyl (C=O) groups is 3. The second-order valence-corrected chi connectivity index (χ2v) is 11.5. The van der Waals surface area contributed by atoms with Crippen molar-refractivity contribution in [3.05, 3.63) is 75.8 Å². The molecule has 0 radical (unpaired) electrons. The number of amidine groups is 1. The van der Waals surface area contributed by atoms with Gasteiger partial charge in [0.25, 0.3) is 5.91 Å². The molecule has 2 N–H and O–H groups in total. The SMILES string of the molecule is C=C(CC)[C@H]1N2CC(=O)N(CC(=O)NC3CC3)N=C2C[C@@H](c2cccc(Cl)c2)C12C(=O)Nc1cc(Cl)ccc12. The first kappa shape index (κ1) is 25.9. The van der Waals surface area contributed by atoms with E-state index in [4.69, 9.17) is 28.3 Å². The van der Waals surface area contributed by atoms with Crippen molar-refractivity contribution < 1.29 is 14.4 Å². The summed E-state index contributed by atoms with van der Waals surface area (Å²) in [5, 5.41) is 13.0. The molecule has 3 heterocycles. The van der Waals surface area contributed by atoms with Crippen LogP contribution in [0, 0.1) is 0 Å². The number of hydrogen-bond donors (Lipinski definition) is 2. The van der Waals surface area contributed by atoms with Crippen molar-refractivity contribution in [1.82, 2.24) is 15.2 Å². The standard InChI is InChI=1S/C29H29Cl2N5O3/c1-3-16(2)27-29(21-10-7-19(31)12-23(21)33-28(29)39)22(17-5-4-6-18(30)11-17)13-24-34-36(26(38)15-35(24)27)14-25(37)32-20-8-9-20/h4-7,10-12,20,22,27H,2-3,8-9,13-15H2,1H3,(H,32,37)(H,33,39)/t22-,27+,29?/m0/s1. The summed E-state index contributed by atoms with van der Waals surface area (Å²) in [5.74, 6) is -0.443. The Labute approximate surface area is 237 Å². The van der Waals surface area contributed by atoms with Gasteiger partial charge in [0.1, 0.15) is 24.3 Å². The van der Waals surface area contributed by atoms with Gasteiger partial charge in [0.2, 0.25) is 11.8 Å².